The minimum atomic E-state index is 0.0955. The summed E-state index contributed by atoms with van der Waals surface area (Å²) in [5.74, 6) is 0. The summed E-state index contributed by atoms with van der Waals surface area (Å²) in [5, 5.41) is 3.56. The molecule has 1 atom stereocenters. The molecule has 1 fully saturated rings. The Morgan fingerprint density at radius 2 is 2.12 bits per heavy atom. The first kappa shape index (κ1) is 12.1. The number of nitrogens with one attached hydrogen (secondary N) is 1. The summed E-state index contributed by atoms with van der Waals surface area (Å²) < 4.78 is 1.10. The minimum Gasteiger partial charge on any atom is -0.323 e. The monoisotopic (exact) mass is 282 g/mol. The van der Waals surface area contributed by atoms with Crippen LogP contribution in [0.3, 0.4) is 0 Å². The first-order chi connectivity index (χ1) is 7.75. The average Bonchev–Trinajstić information content (AvgIpc) is 2.78. The summed E-state index contributed by atoms with van der Waals surface area (Å²) in [5.41, 5.74) is 7.35. The third-order valence-corrected chi connectivity index (χ3v) is 3.75. The van der Waals surface area contributed by atoms with E-state index < -0.39 is 0 Å². The minimum absolute atomic E-state index is 0.0955. The number of rotatable bonds is 4. The number of benzene rings is 1. The molecule has 0 bridgehead atoms. The van der Waals surface area contributed by atoms with E-state index >= 15 is 0 Å². The Morgan fingerprint density at radius 3 is 2.81 bits per heavy atom. The van der Waals surface area contributed by atoms with Crippen molar-refractivity contribution in [3.63, 3.8) is 0 Å². The van der Waals surface area contributed by atoms with Crippen LogP contribution in [0.1, 0.15) is 37.3 Å². The molecule has 0 aliphatic heterocycles. The van der Waals surface area contributed by atoms with E-state index in [9.17, 15) is 0 Å². The van der Waals surface area contributed by atoms with Gasteiger partial charge in [-0.3, -0.25) is 0 Å². The third kappa shape index (κ3) is 3.30. The van der Waals surface area contributed by atoms with Crippen molar-refractivity contribution in [1.29, 1.82) is 0 Å². The summed E-state index contributed by atoms with van der Waals surface area (Å²) >= 11 is 3.47. The molecule has 0 spiro atoms. The molecule has 0 heterocycles. The Balaban J connectivity index is 1.85. The molecule has 0 saturated heterocycles. The maximum Gasteiger partial charge on any atom is 0.0422 e. The van der Waals surface area contributed by atoms with Crippen LogP contribution >= 0.6 is 15.9 Å². The Labute approximate surface area is 106 Å². The van der Waals surface area contributed by atoms with Crippen molar-refractivity contribution in [3.05, 3.63) is 34.3 Å². The van der Waals surface area contributed by atoms with Crippen molar-refractivity contribution in [1.82, 2.24) is 5.32 Å². The Hall–Kier alpha value is -0.380. The van der Waals surface area contributed by atoms with E-state index in [1.54, 1.807) is 0 Å². The Morgan fingerprint density at radius 1 is 1.38 bits per heavy atom. The van der Waals surface area contributed by atoms with Gasteiger partial charge in [0.25, 0.3) is 0 Å². The molecule has 1 aliphatic carbocycles. The van der Waals surface area contributed by atoms with Gasteiger partial charge in [-0.2, -0.15) is 0 Å². The van der Waals surface area contributed by atoms with E-state index in [0.29, 0.717) is 6.04 Å². The molecule has 1 aromatic carbocycles. The van der Waals surface area contributed by atoms with Crippen LogP contribution in [0.5, 0.6) is 0 Å². The van der Waals surface area contributed by atoms with E-state index in [1.165, 1.54) is 31.2 Å². The molecular formula is C13H19BrN2. The summed E-state index contributed by atoms with van der Waals surface area (Å²) in [6, 6.07) is 9.04. The van der Waals surface area contributed by atoms with Crippen molar-refractivity contribution >= 4 is 15.9 Å². The Kier molecular flexibility index (Phi) is 4.38. The fraction of sp³-hybridized carbons (Fsp3) is 0.538. The number of nitrogens with two attached hydrogens (primary N) is 1. The second-order valence-electron chi connectivity index (χ2n) is 4.55. The maximum atomic E-state index is 6.16. The topological polar surface area (TPSA) is 38.0 Å². The zero-order chi connectivity index (χ0) is 11.4. The highest BCUT2D eigenvalue weighted by molar-refractivity contribution is 9.10. The van der Waals surface area contributed by atoms with Crippen molar-refractivity contribution in [2.24, 2.45) is 5.73 Å². The van der Waals surface area contributed by atoms with Gasteiger partial charge in [-0.25, -0.2) is 0 Å². The van der Waals surface area contributed by atoms with E-state index in [1.807, 2.05) is 12.1 Å². The highest BCUT2D eigenvalue weighted by atomic mass is 79.9. The number of hydrogen-bond donors (Lipinski definition) is 2. The van der Waals surface area contributed by atoms with Crippen molar-refractivity contribution in [3.8, 4) is 0 Å². The normalized spacial score (nSPS) is 18.9. The average molecular weight is 283 g/mol. The molecule has 2 rings (SSSR count). The first-order valence-electron chi connectivity index (χ1n) is 6.00. The van der Waals surface area contributed by atoms with Crippen LogP contribution in [0.15, 0.2) is 28.7 Å². The van der Waals surface area contributed by atoms with Crippen LogP contribution in [-0.2, 0) is 0 Å². The first-order valence-corrected chi connectivity index (χ1v) is 6.79. The quantitative estimate of drug-likeness (QED) is 0.891. The summed E-state index contributed by atoms with van der Waals surface area (Å²) in [4.78, 5) is 0. The van der Waals surface area contributed by atoms with Crippen LogP contribution in [0.2, 0.25) is 0 Å². The van der Waals surface area contributed by atoms with Crippen molar-refractivity contribution < 1.29 is 0 Å². The summed E-state index contributed by atoms with van der Waals surface area (Å²) in [7, 11) is 0. The molecule has 3 N–H and O–H groups in total. The van der Waals surface area contributed by atoms with Crippen LogP contribution in [0, 0.1) is 0 Å². The highest BCUT2D eigenvalue weighted by Gasteiger charge is 2.15. The predicted octanol–water partition coefficient (Wildman–Crippen LogP) is 2.98. The van der Waals surface area contributed by atoms with Gasteiger partial charge in [-0.1, -0.05) is 40.9 Å². The van der Waals surface area contributed by atoms with E-state index in [2.05, 4.69) is 33.4 Å². The van der Waals surface area contributed by atoms with Gasteiger partial charge in [0, 0.05) is 23.1 Å². The van der Waals surface area contributed by atoms with Crippen LogP contribution in [0.4, 0.5) is 0 Å². The maximum absolute atomic E-state index is 6.16. The summed E-state index contributed by atoms with van der Waals surface area (Å²) in [6.07, 6.45) is 5.35. The van der Waals surface area contributed by atoms with E-state index in [0.717, 1.165) is 11.0 Å². The van der Waals surface area contributed by atoms with Gasteiger partial charge in [0.2, 0.25) is 0 Å². The van der Waals surface area contributed by atoms with Gasteiger partial charge in [0.05, 0.1) is 0 Å². The zero-order valence-electron chi connectivity index (χ0n) is 9.45. The van der Waals surface area contributed by atoms with Gasteiger partial charge in [0.15, 0.2) is 0 Å². The molecule has 88 valence electrons. The molecule has 0 aromatic heterocycles. The van der Waals surface area contributed by atoms with Crippen LogP contribution in [-0.4, -0.2) is 12.6 Å². The number of hydrogen-bond acceptors (Lipinski definition) is 2. The van der Waals surface area contributed by atoms with Crippen LogP contribution in [0.25, 0.3) is 0 Å². The standard InChI is InChI=1S/C13H19BrN2/c14-11-5-3-4-10(8-11)13(15)9-16-12-6-1-2-7-12/h3-5,8,12-13,16H,1-2,6-7,9,15H2. The molecular weight excluding hydrogens is 264 g/mol. The van der Waals surface area contributed by atoms with E-state index in [4.69, 9.17) is 5.73 Å². The zero-order valence-corrected chi connectivity index (χ0v) is 11.0. The lowest BCUT2D eigenvalue weighted by Gasteiger charge is -2.17. The summed E-state index contributed by atoms with van der Waals surface area (Å²) in [6.45, 7) is 0.876. The van der Waals surface area contributed by atoms with Gasteiger partial charge in [-0.15, -0.1) is 0 Å². The van der Waals surface area contributed by atoms with E-state index in [-0.39, 0.29) is 6.04 Å². The molecule has 16 heavy (non-hydrogen) atoms. The lowest BCUT2D eigenvalue weighted by atomic mass is 10.1. The lowest BCUT2D eigenvalue weighted by molar-refractivity contribution is 0.492. The van der Waals surface area contributed by atoms with Gasteiger partial charge in [0.1, 0.15) is 0 Å². The molecule has 1 saturated carbocycles. The van der Waals surface area contributed by atoms with Gasteiger partial charge in [-0.05, 0) is 30.5 Å². The second-order valence-corrected chi connectivity index (χ2v) is 5.47. The third-order valence-electron chi connectivity index (χ3n) is 3.26. The van der Waals surface area contributed by atoms with Gasteiger partial charge < -0.3 is 11.1 Å². The molecule has 0 radical (unpaired) electrons. The number of halogens is 1. The smallest absolute Gasteiger partial charge is 0.0422 e. The highest BCUT2D eigenvalue weighted by Crippen LogP contribution is 2.19. The molecule has 1 aromatic rings. The SMILES string of the molecule is NC(CNC1CCCC1)c1cccc(Br)c1. The van der Waals surface area contributed by atoms with Crippen LogP contribution < -0.4 is 11.1 Å². The molecule has 0 amide bonds. The van der Waals surface area contributed by atoms with Crippen molar-refractivity contribution in [2.45, 2.75) is 37.8 Å². The predicted molar refractivity (Wildman–Crippen MR) is 71.3 cm³/mol. The van der Waals surface area contributed by atoms with Crippen molar-refractivity contribution in [2.75, 3.05) is 6.54 Å². The fourth-order valence-corrected chi connectivity index (χ4v) is 2.70. The second kappa shape index (κ2) is 5.80. The largest absolute Gasteiger partial charge is 0.323 e. The molecule has 1 aliphatic rings. The lowest BCUT2D eigenvalue weighted by Crippen LogP contribution is -2.33. The Bertz CT molecular complexity index is 334. The molecule has 3 heteroatoms. The molecule has 1 unspecified atom stereocenters. The van der Waals surface area contributed by atoms with Gasteiger partial charge >= 0.3 is 0 Å². The molecule has 2 nitrogen and oxygen atoms in total. The fourth-order valence-electron chi connectivity index (χ4n) is 2.28.